The predicted molar refractivity (Wildman–Crippen MR) is 73.5 cm³/mol. The van der Waals surface area contributed by atoms with E-state index in [0.717, 1.165) is 11.3 Å². The van der Waals surface area contributed by atoms with Crippen LogP contribution in [0.3, 0.4) is 0 Å². The molecule has 1 aromatic heterocycles. The first kappa shape index (κ1) is 15.6. The zero-order chi connectivity index (χ0) is 14.8. The summed E-state index contributed by atoms with van der Waals surface area (Å²) in [7, 11) is 0. The minimum atomic E-state index is -1.01. The monoisotopic (exact) mass is 286 g/mol. The van der Waals surface area contributed by atoms with Crippen LogP contribution in [0.2, 0.25) is 0 Å². The van der Waals surface area contributed by atoms with Gasteiger partial charge >= 0.3 is 0 Å². The maximum atomic E-state index is 11.9. The highest BCUT2D eigenvalue weighted by Crippen LogP contribution is 2.28. The molecule has 7 heteroatoms. The van der Waals surface area contributed by atoms with Gasteiger partial charge in [-0.2, -0.15) is 0 Å². The Bertz CT molecular complexity index is 494. The van der Waals surface area contributed by atoms with Crippen LogP contribution in [-0.4, -0.2) is 28.1 Å². The number of aliphatic hydroxyl groups is 1. The average Bonchev–Trinajstić information content (AvgIpc) is 2.68. The molecule has 0 bridgehead atoms. The third-order valence-corrected chi connectivity index (χ3v) is 4.20. The molecule has 1 aromatic rings. The summed E-state index contributed by atoms with van der Waals surface area (Å²) in [6, 6.07) is 1.26. The molecule has 0 radical (unpaired) electrons. The number of carbonyl (C=O) groups excluding carboxylic acids is 1. The Balaban J connectivity index is 2.75. The van der Waals surface area contributed by atoms with E-state index in [2.05, 4.69) is 5.32 Å². The Morgan fingerprint density at radius 3 is 2.63 bits per heavy atom. The average molecular weight is 286 g/mol. The van der Waals surface area contributed by atoms with Gasteiger partial charge in [0.2, 0.25) is 0 Å². The van der Waals surface area contributed by atoms with Gasteiger partial charge in [0.15, 0.2) is 0 Å². The number of nitro groups is 1. The zero-order valence-electron chi connectivity index (χ0n) is 11.4. The van der Waals surface area contributed by atoms with Gasteiger partial charge in [0.1, 0.15) is 0 Å². The van der Waals surface area contributed by atoms with Crippen molar-refractivity contribution in [3.63, 3.8) is 0 Å². The van der Waals surface area contributed by atoms with Gasteiger partial charge in [-0.1, -0.05) is 13.8 Å². The van der Waals surface area contributed by atoms with E-state index in [-0.39, 0.29) is 23.0 Å². The molecule has 1 rings (SSSR count). The summed E-state index contributed by atoms with van der Waals surface area (Å²) >= 11 is 1.07. The standard InChI is InChI=1S/C12H18N2O4S/c1-7(2)12(4,16)6-13-11(15)10-5-9(14(17)18)8(3)19-10/h5,7,16H,6H2,1-4H3,(H,13,15). The largest absolute Gasteiger partial charge is 0.388 e. The van der Waals surface area contributed by atoms with Gasteiger partial charge in [0.25, 0.3) is 11.6 Å². The van der Waals surface area contributed by atoms with Crippen molar-refractivity contribution in [1.82, 2.24) is 5.32 Å². The molecule has 106 valence electrons. The van der Waals surface area contributed by atoms with E-state index in [1.165, 1.54) is 6.07 Å². The number of hydrogen-bond donors (Lipinski definition) is 2. The Labute approximate surface area is 115 Å². The van der Waals surface area contributed by atoms with Gasteiger partial charge in [0, 0.05) is 12.6 Å². The molecule has 0 aliphatic heterocycles. The van der Waals surface area contributed by atoms with Crippen molar-refractivity contribution in [2.24, 2.45) is 5.92 Å². The van der Waals surface area contributed by atoms with E-state index in [0.29, 0.717) is 4.88 Å². The topological polar surface area (TPSA) is 92.5 Å². The first-order valence-electron chi connectivity index (χ1n) is 5.90. The van der Waals surface area contributed by atoms with Gasteiger partial charge in [0.05, 0.1) is 20.3 Å². The van der Waals surface area contributed by atoms with Crippen LogP contribution < -0.4 is 5.32 Å². The Morgan fingerprint density at radius 1 is 1.63 bits per heavy atom. The molecule has 2 N–H and O–H groups in total. The minimum Gasteiger partial charge on any atom is -0.388 e. The molecule has 1 amide bonds. The molecule has 0 aliphatic rings. The Morgan fingerprint density at radius 2 is 2.21 bits per heavy atom. The highest BCUT2D eigenvalue weighted by atomic mass is 32.1. The van der Waals surface area contributed by atoms with E-state index in [4.69, 9.17) is 0 Å². The molecule has 0 aromatic carbocycles. The lowest BCUT2D eigenvalue weighted by Crippen LogP contribution is -2.44. The van der Waals surface area contributed by atoms with Crippen molar-refractivity contribution in [3.8, 4) is 0 Å². The van der Waals surface area contributed by atoms with Crippen LogP contribution in [-0.2, 0) is 0 Å². The van der Waals surface area contributed by atoms with Crippen LogP contribution in [0.5, 0.6) is 0 Å². The van der Waals surface area contributed by atoms with Gasteiger partial charge in [-0.25, -0.2) is 0 Å². The summed E-state index contributed by atoms with van der Waals surface area (Å²) in [5.74, 6) is -0.408. The molecule has 1 heterocycles. The van der Waals surface area contributed by atoms with Crippen molar-refractivity contribution in [3.05, 3.63) is 25.9 Å². The van der Waals surface area contributed by atoms with Gasteiger partial charge in [-0.05, 0) is 19.8 Å². The second-order valence-electron chi connectivity index (χ2n) is 5.00. The lowest BCUT2D eigenvalue weighted by atomic mass is 9.92. The molecular weight excluding hydrogens is 268 g/mol. The van der Waals surface area contributed by atoms with Crippen LogP contribution in [0.4, 0.5) is 5.69 Å². The lowest BCUT2D eigenvalue weighted by Gasteiger charge is -2.27. The normalized spacial score (nSPS) is 14.2. The van der Waals surface area contributed by atoms with E-state index >= 15 is 0 Å². The van der Waals surface area contributed by atoms with E-state index in [9.17, 15) is 20.0 Å². The Kier molecular flexibility index (Phi) is 4.65. The number of nitrogens with one attached hydrogen (secondary N) is 1. The molecular formula is C12H18N2O4S. The lowest BCUT2D eigenvalue weighted by molar-refractivity contribution is -0.385. The number of hydrogen-bond acceptors (Lipinski definition) is 5. The molecule has 0 spiro atoms. The van der Waals surface area contributed by atoms with E-state index in [1.54, 1.807) is 13.8 Å². The molecule has 1 unspecified atom stereocenters. The quantitative estimate of drug-likeness (QED) is 0.640. The van der Waals surface area contributed by atoms with E-state index in [1.807, 2.05) is 13.8 Å². The van der Waals surface area contributed by atoms with Crippen LogP contribution in [0.15, 0.2) is 6.07 Å². The summed E-state index contributed by atoms with van der Waals surface area (Å²) in [5, 5.41) is 23.3. The van der Waals surface area contributed by atoms with Crippen molar-refractivity contribution in [1.29, 1.82) is 0 Å². The Hall–Kier alpha value is -1.47. The first-order valence-corrected chi connectivity index (χ1v) is 6.72. The molecule has 1 atom stereocenters. The van der Waals surface area contributed by atoms with Crippen LogP contribution in [0, 0.1) is 23.0 Å². The third-order valence-electron chi connectivity index (χ3n) is 3.16. The molecule has 0 aliphatic carbocycles. The predicted octanol–water partition coefficient (Wildman–Crippen LogP) is 2.10. The number of rotatable bonds is 5. The minimum absolute atomic E-state index is 0.00721. The summed E-state index contributed by atoms with van der Waals surface area (Å²) in [6.07, 6.45) is 0. The SMILES string of the molecule is Cc1sc(C(=O)NCC(C)(O)C(C)C)cc1[N+](=O)[O-]. The van der Waals surface area contributed by atoms with Crippen LogP contribution >= 0.6 is 11.3 Å². The number of aryl methyl sites for hydroxylation is 1. The number of nitrogens with zero attached hydrogens (tertiary/aromatic N) is 1. The van der Waals surface area contributed by atoms with Crippen LogP contribution in [0.1, 0.15) is 35.3 Å². The van der Waals surface area contributed by atoms with Crippen molar-refractivity contribution in [2.75, 3.05) is 6.54 Å². The fraction of sp³-hybridized carbons (Fsp3) is 0.583. The smallest absolute Gasteiger partial charge is 0.283 e. The number of carbonyl (C=O) groups is 1. The second-order valence-corrected chi connectivity index (χ2v) is 6.26. The fourth-order valence-electron chi connectivity index (χ4n) is 1.32. The van der Waals surface area contributed by atoms with Gasteiger partial charge in [-0.15, -0.1) is 11.3 Å². The number of amides is 1. The van der Waals surface area contributed by atoms with Crippen molar-refractivity contribution < 1.29 is 14.8 Å². The molecule has 0 fully saturated rings. The van der Waals surface area contributed by atoms with Crippen LogP contribution in [0.25, 0.3) is 0 Å². The third kappa shape index (κ3) is 3.74. The summed E-state index contributed by atoms with van der Waals surface area (Å²) in [5.41, 5.74) is -1.06. The van der Waals surface area contributed by atoms with E-state index < -0.39 is 16.4 Å². The highest BCUT2D eigenvalue weighted by Gasteiger charge is 2.26. The maximum Gasteiger partial charge on any atom is 0.283 e. The zero-order valence-corrected chi connectivity index (χ0v) is 12.2. The van der Waals surface area contributed by atoms with Crippen molar-refractivity contribution >= 4 is 22.9 Å². The first-order chi connectivity index (χ1) is 8.65. The highest BCUT2D eigenvalue weighted by molar-refractivity contribution is 7.14. The fourth-order valence-corrected chi connectivity index (χ4v) is 2.22. The number of thiophene rings is 1. The molecule has 0 saturated heterocycles. The maximum absolute atomic E-state index is 11.9. The molecule has 19 heavy (non-hydrogen) atoms. The van der Waals surface area contributed by atoms with Gasteiger partial charge in [-0.3, -0.25) is 14.9 Å². The molecule has 6 nitrogen and oxygen atoms in total. The molecule has 0 saturated carbocycles. The second kappa shape index (κ2) is 5.66. The summed E-state index contributed by atoms with van der Waals surface area (Å²) in [6.45, 7) is 7.05. The van der Waals surface area contributed by atoms with Gasteiger partial charge < -0.3 is 10.4 Å². The van der Waals surface area contributed by atoms with Crippen molar-refractivity contribution in [2.45, 2.75) is 33.3 Å². The summed E-state index contributed by atoms with van der Waals surface area (Å²) in [4.78, 5) is 22.8. The summed E-state index contributed by atoms with van der Waals surface area (Å²) < 4.78 is 0.